The second-order valence-electron chi connectivity index (χ2n) is 6.52. The first kappa shape index (κ1) is 20.6. The van der Waals surface area contributed by atoms with Gasteiger partial charge in [0.25, 0.3) is 5.56 Å². The number of fused-ring (bicyclic) bond motifs is 1. The van der Waals surface area contributed by atoms with Gasteiger partial charge < -0.3 is 14.5 Å². The van der Waals surface area contributed by atoms with E-state index in [0.29, 0.717) is 55.9 Å². The van der Waals surface area contributed by atoms with Crippen LogP contribution < -0.4 is 15.0 Å². The van der Waals surface area contributed by atoms with E-state index in [2.05, 4.69) is 41.8 Å². The number of aromatic nitrogens is 2. The second kappa shape index (κ2) is 9.02. The van der Waals surface area contributed by atoms with Crippen molar-refractivity contribution in [2.75, 3.05) is 6.61 Å². The van der Waals surface area contributed by atoms with Crippen LogP contribution in [0.25, 0.3) is 22.3 Å². The highest BCUT2D eigenvalue weighted by Crippen LogP contribution is 2.46. The van der Waals surface area contributed by atoms with Crippen molar-refractivity contribution in [2.24, 2.45) is 0 Å². The summed E-state index contributed by atoms with van der Waals surface area (Å²) in [5.74, 6) is 1.59. The van der Waals surface area contributed by atoms with Gasteiger partial charge in [-0.05, 0) is 62.5 Å². The van der Waals surface area contributed by atoms with Crippen LogP contribution in [-0.2, 0) is 6.61 Å². The fourth-order valence-electron chi connectivity index (χ4n) is 3.10. The number of ether oxygens (including phenoxy) is 2. The number of para-hydroxylation sites is 1. The maximum absolute atomic E-state index is 12.5. The third-order valence-corrected chi connectivity index (χ3v) is 6.63. The minimum Gasteiger partial charge on any atom is -0.490 e. The third-order valence-electron chi connectivity index (χ3n) is 4.52. The number of nitrogens with zero attached hydrogens (tertiary/aromatic N) is 1. The third kappa shape index (κ3) is 4.13. The quantitative estimate of drug-likeness (QED) is 0.328. The molecule has 7 heteroatoms. The van der Waals surface area contributed by atoms with Crippen LogP contribution in [0.15, 0.2) is 74.4 Å². The first-order valence-electron chi connectivity index (χ1n) is 9.39. The normalized spacial score (nSPS) is 10.9. The largest absolute Gasteiger partial charge is 0.490 e. The van der Waals surface area contributed by atoms with Crippen LogP contribution in [0.2, 0.25) is 0 Å². The average molecular weight is 530 g/mol. The van der Waals surface area contributed by atoms with E-state index < -0.39 is 0 Å². The molecule has 0 radical (unpaired) electrons. The van der Waals surface area contributed by atoms with Gasteiger partial charge in [-0.3, -0.25) is 4.79 Å². The van der Waals surface area contributed by atoms with Gasteiger partial charge in [-0.15, -0.1) is 0 Å². The summed E-state index contributed by atoms with van der Waals surface area (Å²) in [4.78, 5) is 20.0. The van der Waals surface area contributed by atoms with Crippen LogP contribution >= 0.6 is 31.9 Å². The van der Waals surface area contributed by atoms with Gasteiger partial charge >= 0.3 is 0 Å². The van der Waals surface area contributed by atoms with Crippen molar-refractivity contribution in [2.45, 2.75) is 13.5 Å². The Hall–Kier alpha value is -2.64. The number of halogens is 2. The fraction of sp³-hybridized carbons (Fsp3) is 0.130. The van der Waals surface area contributed by atoms with Gasteiger partial charge in [0, 0.05) is 10.0 Å². The second-order valence-corrected chi connectivity index (χ2v) is 8.10. The summed E-state index contributed by atoms with van der Waals surface area (Å²) in [7, 11) is 0. The Labute approximate surface area is 190 Å². The highest BCUT2D eigenvalue weighted by molar-refractivity contribution is 9.13. The molecule has 0 aliphatic rings. The van der Waals surface area contributed by atoms with E-state index in [9.17, 15) is 4.79 Å². The van der Waals surface area contributed by atoms with Gasteiger partial charge in [-0.25, -0.2) is 4.98 Å². The van der Waals surface area contributed by atoms with E-state index in [4.69, 9.17) is 9.47 Å². The average Bonchev–Trinajstić information content (AvgIpc) is 2.76. The maximum Gasteiger partial charge on any atom is 0.259 e. The Kier molecular flexibility index (Phi) is 6.20. The van der Waals surface area contributed by atoms with Crippen molar-refractivity contribution in [3.05, 3.63) is 85.5 Å². The molecular formula is C23H18Br2N2O3. The van der Waals surface area contributed by atoms with E-state index in [0.717, 1.165) is 5.56 Å². The number of H-pyrrole nitrogens is 1. The van der Waals surface area contributed by atoms with Crippen molar-refractivity contribution in [1.82, 2.24) is 9.97 Å². The standard InChI is InChI=1S/C23H18Br2N2O3/c1-2-29-18-12-16(22-26-17-11-7-6-10-15(17)23(28)27-22)19(24)20(25)21(18)30-13-14-8-4-3-5-9-14/h3-12H,2,13H2,1H3,(H,26,27,28). The smallest absolute Gasteiger partial charge is 0.259 e. The highest BCUT2D eigenvalue weighted by Gasteiger charge is 2.20. The van der Waals surface area contributed by atoms with Gasteiger partial charge in [-0.2, -0.15) is 0 Å². The maximum atomic E-state index is 12.5. The number of hydrogen-bond donors (Lipinski definition) is 1. The molecule has 0 fully saturated rings. The zero-order valence-electron chi connectivity index (χ0n) is 16.1. The summed E-state index contributed by atoms with van der Waals surface area (Å²) in [6.07, 6.45) is 0. The topological polar surface area (TPSA) is 64.2 Å². The summed E-state index contributed by atoms with van der Waals surface area (Å²) in [6, 6.07) is 19.0. The number of rotatable bonds is 6. The molecule has 30 heavy (non-hydrogen) atoms. The molecule has 1 aromatic heterocycles. The van der Waals surface area contributed by atoms with E-state index in [1.807, 2.05) is 61.5 Å². The molecule has 0 aliphatic heterocycles. The molecule has 0 bridgehead atoms. The van der Waals surface area contributed by atoms with Crippen molar-refractivity contribution < 1.29 is 9.47 Å². The van der Waals surface area contributed by atoms with Crippen LogP contribution in [0.4, 0.5) is 0 Å². The summed E-state index contributed by atoms with van der Waals surface area (Å²) in [5, 5.41) is 0.546. The van der Waals surface area contributed by atoms with E-state index >= 15 is 0 Å². The van der Waals surface area contributed by atoms with Gasteiger partial charge in [0.05, 0.1) is 22.0 Å². The number of aromatic amines is 1. The summed E-state index contributed by atoms with van der Waals surface area (Å²) >= 11 is 7.24. The van der Waals surface area contributed by atoms with E-state index in [-0.39, 0.29) is 5.56 Å². The van der Waals surface area contributed by atoms with E-state index in [1.54, 1.807) is 6.07 Å². The molecule has 4 rings (SSSR count). The van der Waals surface area contributed by atoms with Gasteiger partial charge in [0.2, 0.25) is 0 Å². The fourth-order valence-corrected chi connectivity index (χ4v) is 4.11. The van der Waals surface area contributed by atoms with Crippen LogP contribution in [-0.4, -0.2) is 16.6 Å². The van der Waals surface area contributed by atoms with Crippen molar-refractivity contribution >= 4 is 42.8 Å². The Morgan fingerprint density at radius 2 is 1.70 bits per heavy atom. The molecule has 1 N–H and O–H groups in total. The molecule has 0 saturated heterocycles. The minimum atomic E-state index is -0.194. The lowest BCUT2D eigenvalue weighted by Gasteiger charge is -2.17. The Morgan fingerprint density at radius 1 is 0.967 bits per heavy atom. The molecule has 152 valence electrons. The molecule has 4 aromatic rings. The lowest BCUT2D eigenvalue weighted by Crippen LogP contribution is -2.10. The summed E-state index contributed by atoms with van der Waals surface area (Å²) in [5.41, 5.74) is 2.18. The molecule has 1 heterocycles. The summed E-state index contributed by atoms with van der Waals surface area (Å²) < 4.78 is 13.3. The van der Waals surface area contributed by atoms with Crippen molar-refractivity contribution in [3.63, 3.8) is 0 Å². The van der Waals surface area contributed by atoms with Crippen LogP contribution in [0.5, 0.6) is 11.5 Å². The Balaban J connectivity index is 1.79. The molecule has 0 aliphatic carbocycles. The molecule has 5 nitrogen and oxygen atoms in total. The molecule has 0 saturated carbocycles. The van der Waals surface area contributed by atoms with Crippen LogP contribution in [0.3, 0.4) is 0 Å². The predicted molar refractivity (Wildman–Crippen MR) is 125 cm³/mol. The molecule has 0 spiro atoms. The van der Waals surface area contributed by atoms with Gasteiger partial charge in [0.15, 0.2) is 11.5 Å². The monoisotopic (exact) mass is 528 g/mol. The minimum absolute atomic E-state index is 0.194. The zero-order valence-corrected chi connectivity index (χ0v) is 19.3. The van der Waals surface area contributed by atoms with Gasteiger partial charge in [0.1, 0.15) is 12.4 Å². The lowest BCUT2D eigenvalue weighted by atomic mass is 10.1. The first-order valence-corrected chi connectivity index (χ1v) is 11.0. The zero-order chi connectivity index (χ0) is 21.1. The highest BCUT2D eigenvalue weighted by atomic mass is 79.9. The number of nitrogens with one attached hydrogen (secondary N) is 1. The van der Waals surface area contributed by atoms with Gasteiger partial charge in [-0.1, -0.05) is 42.5 Å². The molecule has 0 amide bonds. The van der Waals surface area contributed by atoms with Crippen LogP contribution in [0.1, 0.15) is 12.5 Å². The number of benzene rings is 3. The molecule has 0 unspecified atom stereocenters. The lowest BCUT2D eigenvalue weighted by molar-refractivity contribution is 0.267. The van der Waals surface area contributed by atoms with Crippen LogP contribution in [0, 0.1) is 0 Å². The van der Waals surface area contributed by atoms with Crippen molar-refractivity contribution in [1.29, 1.82) is 0 Å². The first-order chi connectivity index (χ1) is 14.6. The SMILES string of the molecule is CCOc1cc(-c2nc3ccccc3c(=O)[nH]2)c(Br)c(Br)c1OCc1ccccc1. The van der Waals surface area contributed by atoms with Crippen molar-refractivity contribution in [3.8, 4) is 22.9 Å². The molecule has 3 aromatic carbocycles. The Morgan fingerprint density at radius 3 is 2.47 bits per heavy atom. The summed E-state index contributed by atoms with van der Waals surface area (Å²) in [6.45, 7) is 2.78. The number of hydrogen-bond acceptors (Lipinski definition) is 4. The predicted octanol–water partition coefficient (Wildman–Crippen LogP) is 6.09. The molecular weight excluding hydrogens is 512 g/mol. The van der Waals surface area contributed by atoms with E-state index in [1.165, 1.54) is 0 Å². The molecule has 0 atom stereocenters. The Bertz CT molecular complexity index is 1260.